The second kappa shape index (κ2) is 4.89. The van der Waals surface area contributed by atoms with Crippen LogP contribution in [0.4, 0.5) is 11.6 Å². The van der Waals surface area contributed by atoms with Crippen molar-refractivity contribution in [3.8, 4) is 0 Å². The van der Waals surface area contributed by atoms with E-state index in [-0.39, 0.29) is 0 Å². The Morgan fingerprint density at radius 1 is 1.50 bits per heavy atom. The first-order valence-electron chi connectivity index (χ1n) is 4.94. The number of nitrogens with one attached hydrogen (secondary N) is 1. The lowest BCUT2D eigenvalue weighted by molar-refractivity contribution is 0.772. The molecule has 84 valence electrons. The normalized spacial score (nSPS) is 10.4. The van der Waals surface area contributed by atoms with Crippen molar-refractivity contribution < 1.29 is 0 Å². The minimum Gasteiger partial charge on any atom is -0.324 e. The molecule has 16 heavy (non-hydrogen) atoms. The average Bonchev–Trinajstić information content (AvgIpc) is 2.71. The molecule has 1 aromatic carbocycles. The number of hydrogen-bond acceptors (Lipinski definition) is 2. The zero-order chi connectivity index (χ0) is 11.5. The highest BCUT2D eigenvalue weighted by Gasteiger charge is 2.05. The quantitative estimate of drug-likeness (QED) is 0.926. The second-order valence-electron chi connectivity index (χ2n) is 3.29. The first-order chi connectivity index (χ1) is 7.70. The van der Waals surface area contributed by atoms with Gasteiger partial charge >= 0.3 is 0 Å². The number of nitrogens with zero attached hydrogens (tertiary/aromatic N) is 2. The summed E-state index contributed by atoms with van der Waals surface area (Å²) in [5.74, 6) is 0.794. The summed E-state index contributed by atoms with van der Waals surface area (Å²) in [6.07, 6.45) is 3.69. The molecule has 0 unspecified atom stereocenters. The summed E-state index contributed by atoms with van der Waals surface area (Å²) in [5, 5.41) is 3.88. The topological polar surface area (TPSA) is 29.9 Å². The fourth-order valence-corrected chi connectivity index (χ4v) is 1.93. The minimum atomic E-state index is 0.675. The predicted molar refractivity (Wildman–Crippen MR) is 70.3 cm³/mol. The summed E-state index contributed by atoms with van der Waals surface area (Å²) >= 11 is 9.50. The molecule has 0 amide bonds. The van der Waals surface area contributed by atoms with Crippen molar-refractivity contribution in [2.75, 3.05) is 5.32 Å². The zero-order valence-corrected chi connectivity index (χ0v) is 11.1. The van der Waals surface area contributed by atoms with Gasteiger partial charge in [0.05, 0.1) is 10.7 Å². The summed E-state index contributed by atoms with van der Waals surface area (Å²) in [6.45, 7) is 2.93. The lowest BCUT2D eigenvalue weighted by Crippen LogP contribution is -2.01. The molecular weight excluding hydrogens is 289 g/mol. The molecule has 0 saturated heterocycles. The van der Waals surface area contributed by atoms with Crippen LogP contribution >= 0.6 is 27.5 Å². The average molecular weight is 301 g/mol. The molecule has 2 rings (SSSR count). The Bertz CT molecular complexity index is 496. The summed E-state index contributed by atoms with van der Waals surface area (Å²) < 4.78 is 2.99. The van der Waals surface area contributed by atoms with E-state index in [1.54, 1.807) is 6.20 Å². The lowest BCUT2D eigenvalue weighted by Gasteiger charge is -2.09. The number of aryl methyl sites for hydroxylation is 1. The molecule has 0 radical (unpaired) electrons. The Labute approximate surface area is 108 Å². The third-order valence-electron chi connectivity index (χ3n) is 2.23. The van der Waals surface area contributed by atoms with E-state index in [2.05, 4.69) is 33.2 Å². The van der Waals surface area contributed by atoms with Gasteiger partial charge in [0.2, 0.25) is 5.95 Å². The highest BCUT2D eigenvalue weighted by molar-refractivity contribution is 9.10. The third-order valence-corrected chi connectivity index (χ3v) is 3.05. The van der Waals surface area contributed by atoms with Crippen molar-refractivity contribution in [1.29, 1.82) is 0 Å². The molecule has 5 heteroatoms. The fourth-order valence-electron chi connectivity index (χ4n) is 1.40. The zero-order valence-electron chi connectivity index (χ0n) is 8.74. The number of halogens is 2. The van der Waals surface area contributed by atoms with Crippen molar-refractivity contribution in [2.45, 2.75) is 13.5 Å². The van der Waals surface area contributed by atoms with Crippen LogP contribution in [0.25, 0.3) is 0 Å². The molecule has 2 aromatic rings. The van der Waals surface area contributed by atoms with Gasteiger partial charge < -0.3 is 9.88 Å². The van der Waals surface area contributed by atoms with Crippen LogP contribution in [-0.4, -0.2) is 9.55 Å². The molecule has 0 fully saturated rings. The SMILES string of the molecule is CCn1ccnc1Nc1cc(Br)ccc1Cl. The van der Waals surface area contributed by atoms with Crippen LogP contribution < -0.4 is 5.32 Å². The standard InChI is InChI=1S/C11H11BrClN3/c1-2-16-6-5-14-11(16)15-10-7-8(12)3-4-9(10)13/h3-7H,2H2,1H3,(H,14,15). The van der Waals surface area contributed by atoms with Crippen molar-refractivity contribution in [3.63, 3.8) is 0 Å². The van der Waals surface area contributed by atoms with Gasteiger partial charge in [-0.15, -0.1) is 0 Å². The summed E-state index contributed by atoms with van der Waals surface area (Å²) in [7, 11) is 0. The fraction of sp³-hybridized carbons (Fsp3) is 0.182. The van der Waals surface area contributed by atoms with Gasteiger partial charge in [0.1, 0.15) is 0 Å². The maximum absolute atomic E-state index is 6.09. The van der Waals surface area contributed by atoms with Gasteiger partial charge in [-0.05, 0) is 25.1 Å². The predicted octanol–water partition coefficient (Wildman–Crippen LogP) is 4.06. The Kier molecular flexibility index (Phi) is 3.51. The van der Waals surface area contributed by atoms with Crippen LogP contribution in [0.1, 0.15) is 6.92 Å². The Morgan fingerprint density at radius 2 is 2.31 bits per heavy atom. The number of benzene rings is 1. The largest absolute Gasteiger partial charge is 0.324 e. The Morgan fingerprint density at radius 3 is 3.06 bits per heavy atom. The maximum Gasteiger partial charge on any atom is 0.207 e. The van der Waals surface area contributed by atoms with Gasteiger partial charge in [-0.1, -0.05) is 27.5 Å². The van der Waals surface area contributed by atoms with Gasteiger partial charge in [0, 0.05) is 23.4 Å². The molecular formula is C11H11BrClN3. The van der Waals surface area contributed by atoms with Gasteiger partial charge in [-0.3, -0.25) is 0 Å². The summed E-state index contributed by atoms with van der Waals surface area (Å²) in [6, 6.07) is 5.67. The minimum absolute atomic E-state index is 0.675. The molecule has 3 nitrogen and oxygen atoms in total. The van der Waals surface area contributed by atoms with Gasteiger partial charge in [0.25, 0.3) is 0 Å². The van der Waals surface area contributed by atoms with E-state index in [4.69, 9.17) is 11.6 Å². The molecule has 0 spiro atoms. The molecule has 0 aliphatic carbocycles. The lowest BCUT2D eigenvalue weighted by atomic mass is 10.3. The Hall–Kier alpha value is -1.000. The monoisotopic (exact) mass is 299 g/mol. The van der Waals surface area contributed by atoms with E-state index in [0.29, 0.717) is 5.02 Å². The number of imidazole rings is 1. The van der Waals surface area contributed by atoms with Crippen molar-refractivity contribution in [2.24, 2.45) is 0 Å². The van der Waals surface area contributed by atoms with E-state index in [1.165, 1.54) is 0 Å². The number of anilines is 2. The van der Waals surface area contributed by atoms with Crippen molar-refractivity contribution in [1.82, 2.24) is 9.55 Å². The molecule has 0 bridgehead atoms. The molecule has 0 aliphatic heterocycles. The van der Waals surface area contributed by atoms with E-state index in [0.717, 1.165) is 22.7 Å². The van der Waals surface area contributed by atoms with Crippen LogP contribution in [0.2, 0.25) is 5.02 Å². The maximum atomic E-state index is 6.09. The van der Waals surface area contributed by atoms with Crippen LogP contribution in [0.15, 0.2) is 35.1 Å². The van der Waals surface area contributed by atoms with E-state index >= 15 is 0 Å². The van der Waals surface area contributed by atoms with Crippen molar-refractivity contribution >= 4 is 39.2 Å². The number of aromatic nitrogens is 2. The van der Waals surface area contributed by atoms with E-state index < -0.39 is 0 Å². The van der Waals surface area contributed by atoms with E-state index in [9.17, 15) is 0 Å². The smallest absolute Gasteiger partial charge is 0.207 e. The third kappa shape index (κ3) is 2.39. The number of hydrogen-bond donors (Lipinski definition) is 1. The molecule has 0 atom stereocenters. The first kappa shape index (κ1) is 11.5. The van der Waals surface area contributed by atoms with Crippen LogP contribution in [0.5, 0.6) is 0 Å². The number of rotatable bonds is 3. The molecule has 1 N–H and O–H groups in total. The summed E-state index contributed by atoms with van der Waals surface area (Å²) in [5.41, 5.74) is 0.844. The van der Waals surface area contributed by atoms with Gasteiger partial charge in [0.15, 0.2) is 0 Å². The summed E-state index contributed by atoms with van der Waals surface area (Å²) in [4.78, 5) is 4.23. The van der Waals surface area contributed by atoms with E-state index in [1.807, 2.05) is 29.0 Å². The first-order valence-corrected chi connectivity index (χ1v) is 6.11. The van der Waals surface area contributed by atoms with Crippen LogP contribution in [-0.2, 0) is 6.54 Å². The molecule has 1 heterocycles. The molecule has 0 aliphatic rings. The molecule has 0 saturated carbocycles. The van der Waals surface area contributed by atoms with Crippen molar-refractivity contribution in [3.05, 3.63) is 40.1 Å². The van der Waals surface area contributed by atoms with Gasteiger partial charge in [-0.25, -0.2) is 4.98 Å². The highest BCUT2D eigenvalue weighted by atomic mass is 79.9. The highest BCUT2D eigenvalue weighted by Crippen LogP contribution is 2.27. The van der Waals surface area contributed by atoms with Crippen LogP contribution in [0.3, 0.4) is 0 Å². The second-order valence-corrected chi connectivity index (χ2v) is 4.61. The van der Waals surface area contributed by atoms with Gasteiger partial charge in [-0.2, -0.15) is 0 Å². The van der Waals surface area contributed by atoms with Crippen LogP contribution in [0, 0.1) is 0 Å². The Balaban J connectivity index is 2.30. The molecule has 1 aromatic heterocycles.